The third-order valence-corrected chi connectivity index (χ3v) is 4.62. The van der Waals surface area contributed by atoms with Crippen LogP contribution in [0.4, 0.5) is 4.79 Å². The number of carboxylic acids is 1. The van der Waals surface area contributed by atoms with Crippen LogP contribution in [0, 0.1) is 0 Å². The number of hydrogen-bond acceptors (Lipinski definition) is 2. The van der Waals surface area contributed by atoms with Gasteiger partial charge in [0.1, 0.15) is 0 Å². The first-order valence-electron chi connectivity index (χ1n) is 7.90. The SMILES string of the molecule is O=C(O)CC1(NC(=O)NC2CCCCCC2)CCCC1. The molecule has 5 heteroatoms. The van der Waals surface area contributed by atoms with Crippen LogP contribution >= 0.6 is 0 Å². The summed E-state index contributed by atoms with van der Waals surface area (Å²) >= 11 is 0. The van der Waals surface area contributed by atoms with Crippen LogP contribution in [0.3, 0.4) is 0 Å². The van der Waals surface area contributed by atoms with Crippen molar-refractivity contribution in [3.05, 3.63) is 0 Å². The van der Waals surface area contributed by atoms with E-state index in [1.807, 2.05) is 0 Å². The number of carboxylic acid groups (broad SMARTS) is 1. The molecule has 0 unspecified atom stereocenters. The van der Waals surface area contributed by atoms with E-state index in [9.17, 15) is 9.59 Å². The lowest BCUT2D eigenvalue weighted by molar-refractivity contribution is -0.138. The van der Waals surface area contributed by atoms with Crippen LogP contribution in [-0.4, -0.2) is 28.7 Å². The maximum atomic E-state index is 12.2. The third kappa shape index (κ3) is 4.39. The average Bonchev–Trinajstić information content (AvgIpc) is 2.65. The van der Waals surface area contributed by atoms with Gasteiger partial charge in [-0.2, -0.15) is 0 Å². The molecule has 114 valence electrons. The Morgan fingerprint density at radius 2 is 1.60 bits per heavy atom. The van der Waals surface area contributed by atoms with Gasteiger partial charge in [0.2, 0.25) is 0 Å². The van der Waals surface area contributed by atoms with Gasteiger partial charge in [-0.05, 0) is 25.7 Å². The minimum absolute atomic E-state index is 0.0328. The highest BCUT2D eigenvalue weighted by Crippen LogP contribution is 2.32. The molecule has 0 aromatic carbocycles. The minimum Gasteiger partial charge on any atom is -0.481 e. The second-order valence-electron chi connectivity index (χ2n) is 6.34. The molecule has 3 N–H and O–H groups in total. The van der Waals surface area contributed by atoms with E-state index in [-0.39, 0.29) is 18.5 Å². The molecule has 0 aliphatic heterocycles. The summed E-state index contributed by atoms with van der Waals surface area (Å²) in [6, 6.07) is 0.0702. The van der Waals surface area contributed by atoms with Crippen molar-refractivity contribution in [3.63, 3.8) is 0 Å². The van der Waals surface area contributed by atoms with Crippen LogP contribution in [0.2, 0.25) is 0 Å². The van der Waals surface area contributed by atoms with Crippen LogP contribution in [0.25, 0.3) is 0 Å². The van der Waals surface area contributed by atoms with E-state index in [1.54, 1.807) is 0 Å². The number of nitrogens with one attached hydrogen (secondary N) is 2. The van der Waals surface area contributed by atoms with E-state index < -0.39 is 11.5 Å². The second kappa shape index (κ2) is 6.95. The van der Waals surface area contributed by atoms with Gasteiger partial charge in [0, 0.05) is 6.04 Å². The van der Waals surface area contributed by atoms with Gasteiger partial charge >= 0.3 is 12.0 Å². The van der Waals surface area contributed by atoms with Crippen molar-refractivity contribution >= 4 is 12.0 Å². The Morgan fingerprint density at radius 3 is 2.15 bits per heavy atom. The molecular weight excluding hydrogens is 256 g/mol. The lowest BCUT2D eigenvalue weighted by Crippen LogP contribution is -2.53. The van der Waals surface area contributed by atoms with E-state index in [1.165, 1.54) is 25.7 Å². The predicted octanol–water partition coefficient (Wildman–Crippen LogP) is 2.80. The maximum Gasteiger partial charge on any atom is 0.315 e. The maximum absolute atomic E-state index is 12.2. The van der Waals surface area contributed by atoms with Gasteiger partial charge in [0.05, 0.1) is 12.0 Å². The van der Waals surface area contributed by atoms with E-state index >= 15 is 0 Å². The number of hydrogen-bond donors (Lipinski definition) is 3. The number of carbonyl (C=O) groups excluding carboxylic acids is 1. The van der Waals surface area contributed by atoms with Crippen molar-refractivity contribution in [2.75, 3.05) is 0 Å². The molecule has 2 aliphatic rings. The molecule has 0 aromatic rings. The van der Waals surface area contributed by atoms with Gasteiger partial charge in [-0.15, -0.1) is 0 Å². The summed E-state index contributed by atoms with van der Waals surface area (Å²) in [5.74, 6) is -0.832. The molecule has 0 aromatic heterocycles. The summed E-state index contributed by atoms with van der Waals surface area (Å²) in [6.45, 7) is 0. The smallest absolute Gasteiger partial charge is 0.315 e. The number of rotatable bonds is 4. The number of urea groups is 1. The zero-order valence-corrected chi connectivity index (χ0v) is 12.1. The van der Waals surface area contributed by atoms with Crippen molar-refractivity contribution in [2.45, 2.75) is 82.2 Å². The fourth-order valence-corrected chi connectivity index (χ4v) is 3.57. The van der Waals surface area contributed by atoms with Crippen molar-refractivity contribution in [1.29, 1.82) is 0 Å². The molecule has 2 rings (SSSR count). The highest BCUT2D eigenvalue weighted by Gasteiger charge is 2.37. The van der Waals surface area contributed by atoms with E-state index in [2.05, 4.69) is 10.6 Å². The molecular formula is C15H26N2O3. The third-order valence-electron chi connectivity index (χ3n) is 4.62. The van der Waals surface area contributed by atoms with Gasteiger partial charge in [0.25, 0.3) is 0 Å². The van der Waals surface area contributed by atoms with Crippen molar-refractivity contribution in [3.8, 4) is 0 Å². The molecule has 0 radical (unpaired) electrons. The molecule has 0 atom stereocenters. The molecule has 2 amide bonds. The average molecular weight is 282 g/mol. The largest absolute Gasteiger partial charge is 0.481 e. The molecule has 5 nitrogen and oxygen atoms in total. The summed E-state index contributed by atoms with van der Waals surface area (Å²) in [5, 5.41) is 15.0. The summed E-state index contributed by atoms with van der Waals surface area (Å²) in [7, 11) is 0. The zero-order valence-electron chi connectivity index (χ0n) is 12.1. The van der Waals surface area contributed by atoms with Crippen LogP contribution in [0.5, 0.6) is 0 Å². The summed E-state index contributed by atoms with van der Waals surface area (Å²) in [4.78, 5) is 23.2. The van der Waals surface area contributed by atoms with Crippen LogP contribution in [0.15, 0.2) is 0 Å². The minimum atomic E-state index is -0.832. The van der Waals surface area contributed by atoms with Gasteiger partial charge in [-0.25, -0.2) is 4.79 Å². The normalized spacial score (nSPS) is 23.0. The molecule has 0 saturated heterocycles. The van der Waals surface area contributed by atoms with Crippen LogP contribution in [0.1, 0.15) is 70.6 Å². The van der Waals surface area contributed by atoms with Gasteiger partial charge in [0.15, 0.2) is 0 Å². The quantitative estimate of drug-likeness (QED) is 0.694. The molecule has 0 bridgehead atoms. The Labute approximate surface area is 120 Å². The zero-order chi connectivity index (χ0) is 14.4. The second-order valence-corrected chi connectivity index (χ2v) is 6.34. The van der Waals surface area contributed by atoms with E-state index in [0.29, 0.717) is 0 Å². The Morgan fingerprint density at radius 1 is 1.00 bits per heavy atom. The molecule has 0 heterocycles. The highest BCUT2D eigenvalue weighted by atomic mass is 16.4. The number of amides is 2. The van der Waals surface area contributed by atoms with Gasteiger partial charge < -0.3 is 15.7 Å². The van der Waals surface area contributed by atoms with Gasteiger partial charge in [-0.3, -0.25) is 4.79 Å². The lowest BCUT2D eigenvalue weighted by atomic mass is 9.93. The molecule has 0 spiro atoms. The highest BCUT2D eigenvalue weighted by molar-refractivity contribution is 5.77. The fourth-order valence-electron chi connectivity index (χ4n) is 3.57. The van der Waals surface area contributed by atoms with Crippen molar-refractivity contribution in [1.82, 2.24) is 10.6 Å². The Kier molecular flexibility index (Phi) is 5.26. The topological polar surface area (TPSA) is 78.4 Å². The van der Waals surface area contributed by atoms with Crippen molar-refractivity contribution < 1.29 is 14.7 Å². The first-order valence-corrected chi connectivity index (χ1v) is 7.90. The molecule has 20 heavy (non-hydrogen) atoms. The van der Waals surface area contributed by atoms with Crippen LogP contribution in [-0.2, 0) is 4.79 Å². The Hall–Kier alpha value is -1.26. The Balaban J connectivity index is 1.86. The standard InChI is InChI=1S/C15H26N2O3/c18-13(19)11-15(9-5-6-10-15)17-14(20)16-12-7-3-1-2-4-8-12/h12H,1-11H2,(H,18,19)(H2,16,17,20). The first kappa shape index (κ1) is 15.1. The number of aliphatic carboxylic acids is 1. The van der Waals surface area contributed by atoms with E-state index in [4.69, 9.17) is 5.11 Å². The van der Waals surface area contributed by atoms with Crippen molar-refractivity contribution in [2.24, 2.45) is 0 Å². The summed E-state index contributed by atoms with van der Waals surface area (Å²) < 4.78 is 0. The number of carbonyl (C=O) groups is 2. The molecule has 2 saturated carbocycles. The predicted molar refractivity (Wildman–Crippen MR) is 76.6 cm³/mol. The molecule has 2 fully saturated rings. The summed E-state index contributed by atoms with van der Waals surface area (Å²) in [6.07, 6.45) is 10.5. The lowest BCUT2D eigenvalue weighted by Gasteiger charge is -2.30. The van der Waals surface area contributed by atoms with Gasteiger partial charge in [-0.1, -0.05) is 38.5 Å². The summed E-state index contributed by atoms with van der Waals surface area (Å²) in [5.41, 5.74) is -0.527. The van der Waals surface area contributed by atoms with E-state index in [0.717, 1.165) is 38.5 Å². The monoisotopic (exact) mass is 282 g/mol. The first-order chi connectivity index (χ1) is 9.60. The molecule has 2 aliphatic carbocycles. The Bertz CT molecular complexity index is 343. The fraction of sp³-hybridized carbons (Fsp3) is 0.867. The van der Waals surface area contributed by atoms with Crippen LogP contribution < -0.4 is 10.6 Å².